The smallest absolute Gasteiger partial charge is 0.251 e. The van der Waals surface area contributed by atoms with Gasteiger partial charge in [-0.3, -0.25) is 9.48 Å². The Kier molecular flexibility index (Phi) is 4.76. The number of halogens is 2. The zero-order valence-corrected chi connectivity index (χ0v) is 13.1. The van der Waals surface area contributed by atoms with Crippen LogP contribution in [0.25, 0.3) is 0 Å². The molecule has 0 radical (unpaired) electrons. The average Bonchev–Trinajstić information content (AvgIpc) is 2.78. The topological polar surface area (TPSA) is 59.8 Å². The first-order chi connectivity index (χ1) is 9.06. The maximum absolute atomic E-state index is 11.9. The van der Waals surface area contributed by atoms with Gasteiger partial charge in [-0.15, -0.1) is 0 Å². The van der Waals surface area contributed by atoms with Crippen molar-refractivity contribution in [2.45, 2.75) is 6.42 Å². The second-order valence-electron chi connectivity index (χ2n) is 3.97. The molecule has 2 rings (SSSR count). The molecule has 1 aromatic heterocycles. The summed E-state index contributed by atoms with van der Waals surface area (Å²) >= 11 is 8.10. The lowest BCUT2D eigenvalue weighted by molar-refractivity contribution is 0.0954. The summed E-state index contributed by atoms with van der Waals surface area (Å²) in [5.41, 5.74) is 0.555. The largest absolute Gasteiger partial charge is 0.352 e. The molecule has 0 spiro atoms. The third-order valence-electron chi connectivity index (χ3n) is 2.46. The zero-order valence-electron chi connectivity index (χ0n) is 10.2. The first-order valence-electron chi connectivity index (χ1n) is 5.64. The van der Waals surface area contributed by atoms with Crippen LogP contribution in [0.1, 0.15) is 16.2 Å². The highest BCUT2D eigenvalue weighted by molar-refractivity contribution is 14.1. The summed E-state index contributed by atoms with van der Waals surface area (Å²) in [7, 11) is 1.81. The Balaban J connectivity index is 1.89. The third kappa shape index (κ3) is 3.90. The maximum atomic E-state index is 11.9. The third-order valence-corrected chi connectivity index (χ3v) is 4.04. The highest BCUT2D eigenvalue weighted by Gasteiger charge is 2.08. The number of hydrogen-bond acceptors (Lipinski definition) is 3. The van der Waals surface area contributed by atoms with E-state index in [4.69, 9.17) is 11.6 Å². The lowest BCUT2D eigenvalue weighted by Gasteiger charge is -2.05. The summed E-state index contributed by atoms with van der Waals surface area (Å²) in [6, 6.07) is 5.23. The van der Waals surface area contributed by atoms with Gasteiger partial charge in [0, 0.05) is 29.1 Å². The Morgan fingerprint density at radius 3 is 2.95 bits per heavy atom. The van der Waals surface area contributed by atoms with Crippen molar-refractivity contribution >= 4 is 40.1 Å². The van der Waals surface area contributed by atoms with Crippen molar-refractivity contribution in [1.29, 1.82) is 0 Å². The summed E-state index contributed by atoms with van der Waals surface area (Å²) in [4.78, 5) is 16.0. The minimum Gasteiger partial charge on any atom is -0.352 e. The molecule has 1 heterocycles. The van der Waals surface area contributed by atoms with Gasteiger partial charge < -0.3 is 5.32 Å². The summed E-state index contributed by atoms with van der Waals surface area (Å²) < 4.78 is 2.56. The Morgan fingerprint density at radius 1 is 1.53 bits per heavy atom. The highest BCUT2D eigenvalue weighted by atomic mass is 127. The van der Waals surface area contributed by atoms with Gasteiger partial charge in [0.1, 0.15) is 6.33 Å². The predicted octanol–water partition coefficient (Wildman–Crippen LogP) is 2.05. The van der Waals surface area contributed by atoms with Gasteiger partial charge in [0.15, 0.2) is 5.82 Å². The number of amides is 1. The molecule has 0 bridgehead atoms. The van der Waals surface area contributed by atoms with Crippen LogP contribution in [-0.2, 0) is 13.5 Å². The minimum atomic E-state index is -0.144. The van der Waals surface area contributed by atoms with E-state index in [9.17, 15) is 4.79 Å². The number of aromatic nitrogens is 3. The average molecular weight is 391 g/mol. The molecule has 0 fully saturated rings. The van der Waals surface area contributed by atoms with Crippen molar-refractivity contribution in [3.8, 4) is 0 Å². The van der Waals surface area contributed by atoms with Crippen LogP contribution < -0.4 is 5.32 Å². The van der Waals surface area contributed by atoms with Gasteiger partial charge in [-0.25, -0.2) is 4.98 Å². The van der Waals surface area contributed by atoms with Gasteiger partial charge in [-0.2, -0.15) is 5.10 Å². The van der Waals surface area contributed by atoms with Gasteiger partial charge in [0.05, 0.1) is 5.02 Å². The standard InChI is InChI=1S/C12H12ClIN4O/c1-18-7-16-11(17-18)4-5-15-12(19)8-2-3-10(14)9(13)6-8/h2-3,6-7H,4-5H2,1H3,(H,15,19). The molecule has 5 nitrogen and oxygen atoms in total. The molecule has 0 saturated heterocycles. The van der Waals surface area contributed by atoms with E-state index in [1.807, 2.05) is 13.1 Å². The molecule has 0 atom stereocenters. The quantitative estimate of drug-likeness (QED) is 0.813. The zero-order chi connectivity index (χ0) is 13.8. The number of benzene rings is 1. The molecule has 0 aliphatic rings. The van der Waals surface area contributed by atoms with Crippen LogP contribution >= 0.6 is 34.2 Å². The van der Waals surface area contributed by atoms with Crippen LogP contribution in [0, 0.1) is 3.57 Å². The number of aryl methyl sites for hydroxylation is 1. The summed E-state index contributed by atoms with van der Waals surface area (Å²) in [6.07, 6.45) is 2.24. The van der Waals surface area contributed by atoms with Gasteiger partial charge in [-0.05, 0) is 40.8 Å². The summed E-state index contributed by atoms with van der Waals surface area (Å²) in [5.74, 6) is 0.567. The molecular formula is C12H12ClIN4O. The maximum Gasteiger partial charge on any atom is 0.251 e. The SMILES string of the molecule is Cn1cnc(CCNC(=O)c2ccc(I)c(Cl)c2)n1. The molecule has 19 heavy (non-hydrogen) atoms. The van der Waals surface area contributed by atoms with E-state index in [-0.39, 0.29) is 5.91 Å². The molecule has 100 valence electrons. The summed E-state index contributed by atoms with van der Waals surface area (Å²) in [6.45, 7) is 0.493. The Labute approximate surface area is 129 Å². The molecule has 1 amide bonds. The molecule has 0 aliphatic carbocycles. The second kappa shape index (κ2) is 6.33. The first kappa shape index (κ1) is 14.3. The second-order valence-corrected chi connectivity index (χ2v) is 5.54. The van der Waals surface area contributed by atoms with E-state index in [1.54, 1.807) is 23.1 Å². The number of carbonyl (C=O) groups is 1. The normalized spacial score (nSPS) is 10.5. The molecule has 0 aliphatic heterocycles. The van der Waals surface area contributed by atoms with Gasteiger partial charge in [0.2, 0.25) is 0 Å². The van der Waals surface area contributed by atoms with Crippen LogP contribution in [0.2, 0.25) is 5.02 Å². The lowest BCUT2D eigenvalue weighted by Crippen LogP contribution is -2.26. The van der Waals surface area contributed by atoms with Gasteiger partial charge >= 0.3 is 0 Å². The van der Waals surface area contributed by atoms with Crippen molar-refractivity contribution in [2.75, 3.05) is 6.54 Å². The van der Waals surface area contributed by atoms with Crippen LogP contribution in [0.4, 0.5) is 0 Å². The van der Waals surface area contributed by atoms with Crippen LogP contribution in [0.3, 0.4) is 0 Å². The lowest BCUT2D eigenvalue weighted by atomic mass is 10.2. The van der Waals surface area contributed by atoms with Crippen LogP contribution in [0.15, 0.2) is 24.5 Å². The predicted molar refractivity (Wildman–Crippen MR) is 81.2 cm³/mol. The number of hydrogen-bond donors (Lipinski definition) is 1. The van der Waals surface area contributed by atoms with Crippen molar-refractivity contribution in [2.24, 2.45) is 7.05 Å². The van der Waals surface area contributed by atoms with E-state index < -0.39 is 0 Å². The van der Waals surface area contributed by atoms with Gasteiger partial charge in [-0.1, -0.05) is 11.6 Å². The molecule has 7 heteroatoms. The Morgan fingerprint density at radius 2 is 2.32 bits per heavy atom. The Bertz CT molecular complexity index is 599. The van der Waals surface area contributed by atoms with Crippen LogP contribution in [0.5, 0.6) is 0 Å². The highest BCUT2D eigenvalue weighted by Crippen LogP contribution is 2.19. The number of carbonyl (C=O) groups excluding carboxylic acids is 1. The fourth-order valence-corrected chi connectivity index (χ4v) is 2.04. The number of nitrogens with zero attached hydrogens (tertiary/aromatic N) is 3. The van der Waals surface area contributed by atoms with Crippen molar-refractivity contribution < 1.29 is 4.79 Å². The molecule has 1 aromatic carbocycles. The minimum absolute atomic E-state index is 0.144. The van der Waals surface area contributed by atoms with E-state index >= 15 is 0 Å². The van der Waals surface area contributed by atoms with Crippen molar-refractivity contribution in [1.82, 2.24) is 20.1 Å². The first-order valence-corrected chi connectivity index (χ1v) is 7.09. The Hall–Kier alpha value is -1.15. The van der Waals surface area contributed by atoms with Crippen molar-refractivity contribution in [3.63, 3.8) is 0 Å². The van der Waals surface area contributed by atoms with E-state index in [0.29, 0.717) is 29.4 Å². The van der Waals surface area contributed by atoms with Crippen molar-refractivity contribution in [3.05, 3.63) is 44.5 Å². The fourth-order valence-electron chi connectivity index (χ4n) is 1.53. The molecule has 0 saturated carbocycles. The van der Waals surface area contributed by atoms with Crippen LogP contribution in [-0.4, -0.2) is 27.2 Å². The summed E-state index contributed by atoms with van der Waals surface area (Å²) in [5, 5.41) is 7.54. The number of nitrogens with one attached hydrogen (secondary N) is 1. The molecule has 0 unspecified atom stereocenters. The fraction of sp³-hybridized carbons (Fsp3) is 0.250. The van der Waals surface area contributed by atoms with E-state index in [2.05, 4.69) is 38.0 Å². The molecule has 1 N–H and O–H groups in total. The monoisotopic (exact) mass is 390 g/mol. The molecular weight excluding hydrogens is 379 g/mol. The molecule has 2 aromatic rings. The van der Waals surface area contributed by atoms with E-state index in [0.717, 1.165) is 3.57 Å². The number of rotatable bonds is 4. The van der Waals surface area contributed by atoms with E-state index in [1.165, 1.54) is 0 Å². The van der Waals surface area contributed by atoms with Gasteiger partial charge in [0.25, 0.3) is 5.91 Å².